The van der Waals surface area contributed by atoms with Crippen molar-refractivity contribution < 1.29 is 19.8 Å². The highest BCUT2D eigenvalue weighted by molar-refractivity contribution is 7.10. The molecule has 17 heavy (non-hydrogen) atoms. The third-order valence-electron chi connectivity index (χ3n) is 2.16. The number of carboxylic acids is 1. The molecule has 7 heteroatoms. The summed E-state index contributed by atoms with van der Waals surface area (Å²) in [5, 5.41) is 23.9. The Morgan fingerprint density at radius 3 is 2.71 bits per heavy atom. The zero-order valence-corrected chi connectivity index (χ0v) is 10.1. The molecular formula is C10H14N2O4S. The van der Waals surface area contributed by atoms with Crippen molar-refractivity contribution in [1.29, 1.82) is 0 Å². The van der Waals surface area contributed by atoms with Crippen LogP contribution in [-0.4, -0.2) is 34.9 Å². The van der Waals surface area contributed by atoms with Crippen LogP contribution in [0.25, 0.3) is 0 Å². The highest BCUT2D eigenvalue weighted by Gasteiger charge is 2.18. The van der Waals surface area contributed by atoms with Gasteiger partial charge in [0.25, 0.3) is 0 Å². The molecule has 6 nitrogen and oxygen atoms in total. The number of aliphatic carboxylic acids is 1. The molecule has 0 saturated heterocycles. The molecule has 1 rings (SSSR count). The second-order valence-electron chi connectivity index (χ2n) is 3.43. The van der Waals surface area contributed by atoms with Crippen LogP contribution in [0.2, 0.25) is 0 Å². The molecule has 0 bridgehead atoms. The van der Waals surface area contributed by atoms with Gasteiger partial charge < -0.3 is 20.8 Å². The SMILES string of the molecule is Cc1ccsc1CNC(=O)NC(CO)C(=O)O. The summed E-state index contributed by atoms with van der Waals surface area (Å²) >= 11 is 1.51. The Morgan fingerprint density at radius 1 is 1.53 bits per heavy atom. The number of aliphatic hydroxyl groups is 1. The van der Waals surface area contributed by atoms with Crippen molar-refractivity contribution >= 4 is 23.3 Å². The smallest absolute Gasteiger partial charge is 0.328 e. The first-order valence-electron chi connectivity index (χ1n) is 4.95. The number of hydrogen-bond donors (Lipinski definition) is 4. The van der Waals surface area contributed by atoms with Gasteiger partial charge in [0, 0.05) is 4.88 Å². The van der Waals surface area contributed by atoms with Gasteiger partial charge in [-0.2, -0.15) is 0 Å². The fourth-order valence-corrected chi connectivity index (χ4v) is 1.99. The molecule has 0 aliphatic rings. The lowest BCUT2D eigenvalue weighted by Gasteiger charge is -2.12. The maximum absolute atomic E-state index is 11.3. The molecule has 0 radical (unpaired) electrons. The average Bonchev–Trinajstić information content (AvgIpc) is 2.68. The molecule has 0 aliphatic carbocycles. The summed E-state index contributed by atoms with van der Waals surface area (Å²) in [5.41, 5.74) is 1.08. The molecule has 1 aromatic heterocycles. The average molecular weight is 258 g/mol. The van der Waals surface area contributed by atoms with Crippen molar-refractivity contribution in [1.82, 2.24) is 10.6 Å². The minimum absolute atomic E-state index is 0.340. The molecule has 0 fully saturated rings. The standard InChI is InChI=1S/C10H14N2O4S/c1-6-2-3-17-8(6)4-11-10(16)12-7(5-13)9(14)15/h2-3,7,13H,4-5H2,1H3,(H,14,15)(H2,11,12,16). The number of aliphatic hydroxyl groups excluding tert-OH is 1. The number of nitrogens with one attached hydrogen (secondary N) is 2. The topological polar surface area (TPSA) is 98.7 Å². The fraction of sp³-hybridized carbons (Fsp3) is 0.400. The molecule has 94 valence electrons. The molecule has 2 amide bonds. The van der Waals surface area contributed by atoms with Crippen molar-refractivity contribution in [2.24, 2.45) is 0 Å². The number of urea groups is 1. The Bertz CT molecular complexity index is 405. The van der Waals surface area contributed by atoms with E-state index in [0.717, 1.165) is 10.4 Å². The lowest BCUT2D eigenvalue weighted by atomic mass is 10.3. The quantitative estimate of drug-likeness (QED) is 0.610. The molecule has 0 aliphatic heterocycles. The van der Waals surface area contributed by atoms with E-state index < -0.39 is 24.6 Å². The third-order valence-corrected chi connectivity index (χ3v) is 3.19. The van der Waals surface area contributed by atoms with E-state index in [0.29, 0.717) is 6.54 Å². The Kier molecular flexibility index (Phi) is 4.92. The van der Waals surface area contributed by atoms with Crippen molar-refractivity contribution in [2.45, 2.75) is 19.5 Å². The number of thiophene rings is 1. The van der Waals surface area contributed by atoms with E-state index in [9.17, 15) is 9.59 Å². The van der Waals surface area contributed by atoms with Gasteiger partial charge in [-0.15, -0.1) is 11.3 Å². The molecular weight excluding hydrogens is 244 g/mol. The number of hydrogen-bond acceptors (Lipinski definition) is 4. The van der Waals surface area contributed by atoms with Crippen LogP contribution >= 0.6 is 11.3 Å². The molecule has 0 aromatic carbocycles. The number of carbonyl (C=O) groups excluding carboxylic acids is 1. The van der Waals surface area contributed by atoms with Crippen LogP contribution in [0.4, 0.5) is 4.79 Å². The van der Waals surface area contributed by atoms with Crippen LogP contribution in [-0.2, 0) is 11.3 Å². The predicted octanol–water partition coefficient (Wildman–Crippen LogP) is 0.301. The molecule has 1 atom stereocenters. The number of rotatable bonds is 5. The summed E-state index contributed by atoms with van der Waals surface area (Å²) < 4.78 is 0. The summed E-state index contributed by atoms with van der Waals surface area (Å²) in [6.45, 7) is 1.63. The highest BCUT2D eigenvalue weighted by Crippen LogP contribution is 2.14. The van der Waals surface area contributed by atoms with Gasteiger partial charge in [0.15, 0.2) is 6.04 Å². The Morgan fingerprint density at radius 2 is 2.24 bits per heavy atom. The van der Waals surface area contributed by atoms with E-state index in [1.54, 1.807) is 0 Å². The van der Waals surface area contributed by atoms with Crippen LogP contribution in [0.3, 0.4) is 0 Å². The van der Waals surface area contributed by atoms with Crippen LogP contribution < -0.4 is 10.6 Å². The van der Waals surface area contributed by atoms with Crippen molar-refractivity contribution in [3.63, 3.8) is 0 Å². The summed E-state index contributed by atoms with van der Waals surface area (Å²) in [7, 11) is 0. The second-order valence-corrected chi connectivity index (χ2v) is 4.43. The Hall–Kier alpha value is -1.60. The van der Waals surface area contributed by atoms with Crippen molar-refractivity contribution in [3.05, 3.63) is 21.9 Å². The van der Waals surface area contributed by atoms with E-state index in [-0.39, 0.29) is 0 Å². The Labute approximate surface area is 102 Å². The van der Waals surface area contributed by atoms with Gasteiger partial charge in [-0.1, -0.05) is 0 Å². The van der Waals surface area contributed by atoms with Gasteiger partial charge in [-0.25, -0.2) is 9.59 Å². The Balaban J connectivity index is 2.40. The molecule has 0 saturated carbocycles. The van der Waals surface area contributed by atoms with Crippen LogP contribution in [0.1, 0.15) is 10.4 Å². The van der Waals surface area contributed by atoms with Gasteiger partial charge >= 0.3 is 12.0 Å². The van der Waals surface area contributed by atoms with E-state index >= 15 is 0 Å². The molecule has 4 N–H and O–H groups in total. The first kappa shape index (κ1) is 13.5. The van der Waals surface area contributed by atoms with Crippen LogP contribution in [0.5, 0.6) is 0 Å². The first-order valence-corrected chi connectivity index (χ1v) is 5.83. The van der Waals surface area contributed by atoms with Gasteiger partial charge in [0.2, 0.25) is 0 Å². The first-order chi connectivity index (χ1) is 8.04. The van der Waals surface area contributed by atoms with Crippen molar-refractivity contribution in [2.75, 3.05) is 6.61 Å². The zero-order valence-electron chi connectivity index (χ0n) is 9.27. The molecule has 1 aromatic rings. The number of amides is 2. The molecule has 0 spiro atoms. The molecule has 1 heterocycles. The van der Waals surface area contributed by atoms with E-state index in [1.807, 2.05) is 18.4 Å². The predicted molar refractivity (Wildman–Crippen MR) is 62.9 cm³/mol. The fourth-order valence-electron chi connectivity index (χ4n) is 1.14. The summed E-state index contributed by atoms with van der Waals surface area (Å²) in [5.74, 6) is -1.27. The largest absolute Gasteiger partial charge is 0.480 e. The monoisotopic (exact) mass is 258 g/mol. The molecule has 1 unspecified atom stereocenters. The lowest BCUT2D eigenvalue weighted by molar-refractivity contribution is -0.140. The maximum atomic E-state index is 11.3. The second kappa shape index (κ2) is 6.21. The number of carboxylic acid groups (broad SMARTS) is 1. The van der Waals surface area contributed by atoms with E-state index in [4.69, 9.17) is 10.2 Å². The third kappa shape index (κ3) is 4.04. The van der Waals surface area contributed by atoms with E-state index in [1.165, 1.54) is 11.3 Å². The maximum Gasteiger partial charge on any atom is 0.328 e. The van der Waals surface area contributed by atoms with Gasteiger partial charge in [-0.05, 0) is 23.9 Å². The van der Waals surface area contributed by atoms with Gasteiger partial charge in [0.1, 0.15) is 0 Å². The summed E-state index contributed by atoms with van der Waals surface area (Å²) in [4.78, 5) is 22.9. The van der Waals surface area contributed by atoms with Gasteiger partial charge in [0.05, 0.1) is 13.2 Å². The zero-order chi connectivity index (χ0) is 12.8. The summed E-state index contributed by atoms with van der Waals surface area (Å²) in [6, 6.07) is 0.0477. The van der Waals surface area contributed by atoms with Crippen LogP contribution in [0.15, 0.2) is 11.4 Å². The number of aryl methyl sites for hydroxylation is 1. The minimum Gasteiger partial charge on any atom is -0.480 e. The van der Waals surface area contributed by atoms with Gasteiger partial charge in [-0.3, -0.25) is 0 Å². The van der Waals surface area contributed by atoms with Crippen LogP contribution in [0, 0.1) is 6.92 Å². The highest BCUT2D eigenvalue weighted by atomic mass is 32.1. The van der Waals surface area contributed by atoms with E-state index in [2.05, 4.69) is 10.6 Å². The summed E-state index contributed by atoms with van der Waals surface area (Å²) in [6.07, 6.45) is 0. The normalized spacial score (nSPS) is 11.9. The minimum atomic E-state index is -1.28. The number of carbonyl (C=O) groups is 2. The lowest BCUT2D eigenvalue weighted by Crippen LogP contribution is -2.47. The van der Waals surface area contributed by atoms with Crippen molar-refractivity contribution in [3.8, 4) is 0 Å².